The Morgan fingerprint density at radius 2 is 2.22 bits per heavy atom. The lowest BCUT2D eigenvalue weighted by molar-refractivity contribution is 0.0690. The first-order valence-electron chi connectivity index (χ1n) is 5.42. The number of nitrogens with one attached hydrogen (secondary N) is 1. The van der Waals surface area contributed by atoms with E-state index in [2.05, 4.69) is 20.3 Å². The number of aryl methyl sites for hydroxylation is 1. The zero-order chi connectivity index (χ0) is 13.0. The maximum Gasteiger partial charge on any atom is 0.356 e. The van der Waals surface area contributed by atoms with Crippen molar-refractivity contribution in [3.05, 3.63) is 36.3 Å². The van der Waals surface area contributed by atoms with Gasteiger partial charge in [0.25, 0.3) is 0 Å². The number of hydrogen-bond donors (Lipinski definition) is 2. The summed E-state index contributed by atoms with van der Waals surface area (Å²) in [4.78, 5) is 22.5. The van der Waals surface area contributed by atoms with Gasteiger partial charge in [-0.3, -0.25) is 0 Å². The summed E-state index contributed by atoms with van der Waals surface area (Å²) >= 11 is 0. The molecule has 0 radical (unpaired) electrons. The molecule has 2 aromatic rings. The highest BCUT2D eigenvalue weighted by atomic mass is 16.4. The molecule has 2 N–H and O–H groups in total. The average Bonchev–Trinajstić information content (AvgIpc) is 2.76. The Bertz CT molecular complexity index is 535. The molecule has 0 amide bonds. The SMILES string of the molecule is Cn1ccnc1CCNc1cnc(C(=O)O)cn1. The molecule has 7 nitrogen and oxygen atoms in total. The van der Waals surface area contributed by atoms with E-state index < -0.39 is 5.97 Å². The second kappa shape index (κ2) is 5.26. The highest BCUT2D eigenvalue weighted by molar-refractivity contribution is 5.84. The van der Waals surface area contributed by atoms with E-state index in [-0.39, 0.29) is 5.69 Å². The van der Waals surface area contributed by atoms with Gasteiger partial charge in [0.05, 0.1) is 12.4 Å². The predicted molar refractivity (Wildman–Crippen MR) is 64.4 cm³/mol. The minimum Gasteiger partial charge on any atom is -0.476 e. The second-order valence-corrected chi connectivity index (χ2v) is 3.72. The normalized spacial score (nSPS) is 10.3. The maximum atomic E-state index is 10.6. The fourth-order valence-electron chi connectivity index (χ4n) is 1.47. The van der Waals surface area contributed by atoms with Crippen LogP contribution in [-0.2, 0) is 13.5 Å². The predicted octanol–water partition coefficient (Wildman–Crippen LogP) is 0.563. The Kier molecular flexibility index (Phi) is 3.52. The van der Waals surface area contributed by atoms with E-state index in [9.17, 15) is 4.79 Å². The van der Waals surface area contributed by atoms with Crippen molar-refractivity contribution >= 4 is 11.8 Å². The molecular weight excluding hydrogens is 234 g/mol. The topological polar surface area (TPSA) is 92.9 Å². The third kappa shape index (κ3) is 2.82. The van der Waals surface area contributed by atoms with Gasteiger partial charge in [-0.1, -0.05) is 0 Å². The zero-order valence-corrected chi connectivity index (χ0v) is 9.87. The summed E-state index contributed by atoms with van der Waals surface area (Å²) in [6.45, 7) is 0.659. The van der Waals surface area contributed by atoms with Crippen LogP contribution in [0.5, 0.6) is 0 Å². The Morgan fingerprint density at radius 3 is 2.78 bits per heavy atom. The van der Waals surface area contributed by atoms with Crippen molar-refractivity contribution in [3.8, 4) is 0 Å². The Balaban J connectivity index is 1.87. The summed E-state index contributed by atoms with van der Waals surface area (Å²) in [6.07, 6.45) is 7.02. The van der Waals surface area contributed by atoms with Crippen LogP contribution >= 0.6 is 0 Å². The fraction of sp³-hybridized carbons (Fsp3) is 0.273. The summed E-state index contributed by atoms with van der Waals surface area (Å²) in [5, 5.41) is 11.7. The van der Waals surface area contributed by atoms with Gasteiger partial charge < -0.3 is 15.0 Å². The molecule has 18 heavy (non-hydrogen) atoms. The molecule has 0 saturated heterocycles. The number of carbonyl (C=O) groups is 1. The minimum absolute atomic E-state index is 0.0651. The monoisotopic (exact) mass is 247 g/mol. The van der Waals surface area contributed by atoms with Crippen molar-refractivity contribution in [3.63, 3.8) is 0 Å². The second-order valence-electron chi connectivity index (χ2n) is 3.72. The zero-order valence-electron chi connectivity index (χ0n) is 9.87. The van der Waals surface area contributed by atoms with Crippen molar-refractivity contribution in [1.82, 2.24) is 19.5 Å². The molecule has 0 bridgehead atoms. The van der Waals surface area contributed by atoms with Crippen LogP contribution in [0.25, 0.3) is 0 Å². The molecule has 94 valence electrons. The van der Waals surface area contributed by atoms with Gasteiger partial charge in [-0.2, -0.15) is 0 Å². The summed E-state index contributed by atoms with van der Waals surface area (Å²) in [5.74, 6) is 0.439. The van der Waals surface area contributed by atoms with Crippen LogP contribution in [-0.4, -0.2) is 37.1 Å². The number of hydrogen-bond acceptors (Lipinski definition) is 5. The molecule has 0 aromatic carbocycles. The van der Waals surface area contributed by atoms with Crippen LogP contribution in [0.2, 0.25) is 0 Å². The summed E-state index contributed by atoms with van der Waals surface area (Å²) in [7, 11) is 1.93. The molecular formula is C11H13N5O2. The van der Waals surface area contributed by atoms with Gasteiger partial charge in [0, 0.05) is 32.4 Å². The largest absolute Gasteiger partial charge is 0.476 e. The lowest BCUT2D eigenvalue weighted by Gasteiger charge is -2.05. The van der Waals surface area contributed by atoms with Crippen LogP contribution in [0.1, 0.15) is 16.3 Å². The molecule has 0 aliphatic heterocycles. The van der Waals surface area contributed by atoms with Crippen molar-refractivity contribution < 1.29 is 9.90 Å². The number of carboxylic acids is 1. The number of aromatic nitrogens is 4. The van der Waals surface area contributed by atoms with Crippen LogP contribution in [0, 0.1) is 0 Å². The number of rotatable bonds is 5. The standard InChI is InChI=1S/C11H13N5O2/c1-16-5-4-13-10(16)2-3-12-9-7-14-8(6-15-9)11(17)18/h4-7H,2-3H2,1H3,(H,12,15)(H,17,18). The fourth-order valence-corrected chi connectivity index (χ4v) is 1.47. The third-order valence-corrected chi connectivity index (χ3v) is 2.45. The molecule has 2 rings (SSSR count). The van der Waals surface area contributed by atoms with Gasteiger partial charge in [0.1, 0.15) is 11.6 Å². The van der Waals surface area contributed by atoms with Crippen LogP contribution in [0.4, 0.5) is 5.82 Å². The van der Waals surface area contributed by atoms with Crippen LogP contribution in [0.15, 0.2) is 24.8 Å². The van der Waals surface area contributed by atoms with Gasteiger partial charge in [-0.25, -0.2) is 19.7 Å². The lowest BCUT2D eigenvalue weighted by Crippen LogP contribution is -2.10. The highest BCUT2D eigenvalue weighted by Crippen LogP contribution is 2.02. The van der Waals surface area contributed by atoms with Crippen molar-refractivity contribution in [2.75, 3.05) is 11.9 Å². The first-order valence-corrected chi connectivity index (χ1v) is 5.42. The molecule has 0 atom stereocenters. The molecule has 0 spiro atoms. The molecule has 0 unspecified atom stereocenters. The number of imidazole rings is 1. The van der Waals surface area contributed by atoms with Crippen molar-refractivity contribution in [2.45, 2.75) is 6.42 Å². The maximum absolute atomic E-state index is 10.6. The first-order chi connectivity index (χ1) is 8.66. The molecule has 0 saturated carbocycles. The Hall–Kier alpha value is -2.44. The van der Waals surface area contributed by atoms with E-state index in [4.69, 9.17) is 5.11 Å². The van der Waals surface area contributed by atoms with E-state index in [0.717, 1.165) is 12.2 Å². The molecule has 0 aliphatic rings. The number of aromatic carboxylic acids is 1. The molecule has 0 fully saturated rings. The first kappa shape index (κ1) is 12.0. The molecule has 0 aliphatic carbocycles. The van der Waals surface area contributed by atoms with Crippen LogP contribution in [0.3, 0.4) is 0 Å². The number of nitrogens with zero attached hydrogens (tertiary/aromatic N) is 4. The van der Waals surface area contributed by atoms with E-state index in [1.165, 1.54) is 12.4 Å². The van der Waals surface area contributed by atoms with Gasteiger partial charge in [0.15, 0.2) is 5.69 Å². The molecule has 2 aromatic heterocycles. The Labute approximate surface area is 104 Å². The molecule has 7 heteroatoms. The third-order valence-electron chi connectivity index (χ3n) is 2.45. The smallest absolute Gasteiger partial charge is 0.356 e. The number of anilines is 1. The lowest BCUT2D eigenvalue weighted by atomic mass is 10.4. The Morgan fingerprint density at radius 1 is 1.39 bits per heavy atom. The molecule has 2 heterocycles. The van der Waals surface area contributed by atoms with E-state index in [1.807, 2.05) is 17.8 Å². The summed E-state index contributed by atoms with van der Waals surface area (Å²) < 4.78 is 1.95. The quantitative estimate of drug-likeness (QED) is 0.802. The average molecular weight is 247 g/mol. The van der Waals surface area contributed by atoms with E-state index in [0.29, 0.717) is 12.4 Å². The number of carboxylic acid groups (broad SMARTS) is 1. The van der Waals surface area contributed by atoms with Gasteiger partial charge in [-0.05, 0) is 0 Å². The summed E-state index contributed by atoms with van der Waals surface area (Å²) in [5.41, 5.74) is -0.0651. The van der Waals surface area contributed by atoms with E-state index >= 15 is 0 Å². The highest BCUT2D eigenvalue weighted by Gasteiger charge is 2.04. The van der Waals surface area contributed by atoms with Gasteiger partial charge >= 0.3 is 5.97 Å². The van der Waals surface area contributed by atoms with E-state index in [1.54, 1.807) is 6.20 Å². The van der Waals surface area contributed by atoms with Crippen molar-refractivity contribution in [2.24, 2.45) is 7.05 Å². The van der Waals surface area contributed by atoms with Crippen LogP contribution < -0.4 is 5.32 Å². The summed E-state index contributed by atoms with van der Waals surface area (Å²) in [6, 6.07) is 0. The minimum atomic E-state index is -1.08. The van der Waals surface area contributed by atoms with Crippen molar-refractivity contribution in [1.29, 1.82) is 0 Å². The van der Waals surface area contributed by atoms with Gasteiger partial charge in [-0.15, -0.1) is 0 Å². The van der Waals surface area contributed by atoms with Gasteiger partial charge in [0.2, 0.25) is 0 Å².